The number of guanidine groups is 1. The van der Waals surface area contributed by atoms with Crippen LogP contribution in [0.1, 0.15) is 75.1 Å². The molecular weight excluding hydrogens is 527 g/mol. The van der Waals surface area contributed by atoms with E-state index in [-0.39, 0.29) is 24.0 Å². The number of hydrogen-bond donors (Lipinski definition) is 2. The topological polar surface area (TPSA) is 68.9 Å². The number of oxazole rings is 1. The minimum absolute atomic E-state index is 0. The smallest absolute Gasteiger partial charge is 0.208 e. The van der Waals surface area contributed by atoms with Gasteiger partial charge in [0, 0.05) is 32.2 Å². The maximum atomic E-state index is 5.76. The van der Waals surface area contributed by atoms with Gasteiger partial charge in [-0.25, -0.2) is 4.98 Å². The summed E-state index contributed by atoms with van der Waals surface area (Å²) < 4.78 is 5.76. The quantitative estimate of drug-likeness (QED) is 0.304. The van der Waals surface area contributed by atoms with E-state index in [1.54, 1.807) is 0 Å². The summed E-state index contributed by atoms with van der Waals surface area (Å²) in [6.45, 7) is 10.5. The van der Waals surface area contributed by atoms with E-state index in [1.807, 2.05) is 20.9 Å². The maximum absolute atomic E-state index is 5.76. The molecule has 7 nitrogen and oxygen atoms in total. The van der Waals surface area contributed by atoms with Crippen molar-refractivity contribution in [1.82, 2.24) is 25.4 Å². The number of nitrogens with one attached hydrogen (secondary N) is 2. The van der Waals surface area contributed by atoms with Crippen molar-refractivity contribution in [2.75, 3.05) is 39.8 Å². The van der Waals surface area contributed by atoms with Gasteiger partial charge in [-0.05, 0) is 77.9 Å². The Balaban J connectivity index is 0.00000306. The summed E-state index contributed by atoms with van der Waals surface area (Å²) in [5, 5.41) is 7.36. The normalized spacial score (nSPS) is 24.5. The number of halogens is 1. The van der Waals surface area contributed by atoms with Gasteiger partial charge in [-0.1, -0.05) is 19.3 Å². The lowest BCUT2D eigenvalue weighted by atomic mass is 9.92. The predicted octanol–water partition coefficient (Wildman–Crippen LogP) is 4.08. The Bertz CT molecular complexity index is 720. The Hall–Kier alpha value is -0.870. The van der Waals surface area contributed by atoms with Gasteiger partial charge in [0.1, 0.15) is 5.76 Å². The van der Waals surface area contributed by atoms with Gasteiger partial charge in [0.2, 0.25) is 5.89 Å². The first-order valence-corrected chi connectivity index (χ1v) is 13.0. The molecule has 3 heterocycles. The van der Waals surface area contributed by atoms with Crippen molar-refractivity contribution in [1.29, 1.82) is 0 Å². The highest BCUT2D eigenvalue weighted by molar-refractivity contribution is 14.0. The molecule has 1 unspecified atom stereocenters. The lowest BCUT2D eigenvalue weighted by Crippen LogP contribution is -2.54. The van der Waals surface area contributed by atoms with Gasteiger partial charge in [0.25, 0.3) is 0 Å². The van der Waals surface area contributed by atoms with Crippen molar-refractivity contribution in [2.45, 2.75) is 90.3 Å². The zero-order valence-corrected chi connectivity index (χ0v) is 23.3. The summed E-state index contributed by atoms with van der Waals surface area (Å²) in [5.74, 6) is 3.48. The third-order valence-electron chi connectivity index (χ3n) is 7.81. The SMILES string of the molecule is CN=C(NCC1CCN(Cc2nc(C)c(C)o2)CC1)NC1CCCN(C2CCCCC2)C1.I. The van der Waals surface area contributed by atoms with Crippen LogP contribution in [0.4, 0.5) is 0 Å². The Morgan fingerprint density at radius 2 is 1.79 bits per heavy atom. The van der Waals surface area contributed by atoms with Gasteiger partial charge in [-0.3, -0.25) is 14.8 Å². The summed E-state index contributed by atoms with van der Waals surface area (Å²) in [4.78, 5) is 14.3. The van der Waals surface area contributed by atoms with Gasteiger partial charge in [0.05, 0.1) is 12.2 Å². The van der Waals surface area contributed by atoms with E-state index < -0.39 is 0 Å². The molecule has 1 saturated carbocycles. The van der Waals surface area contributed by atoms with E-state index in [9.17, 15) is 0 Å². The van der Waals surface area contributed by atoms with Crippen LogP contribution < -0.4 is 10.6 Å². The second-order valence-electron chi connectivity index (χ2n) is 10.2. The molecule has 1 aromatic rings. The Kier molecular flexibility index (Phi) is 10.8. The fraction of sp³-hybridized carbons (Fsp3) is 0.840. The standard InChI is InChI=1S/C25H44N6O.HI/c1-19-20(2)32-24(28-19)18-30-14-11-21(12-15-30)16-27-25(26-3)29-22-8-7-13-31(17-22)23-9-5-4-6-10-23;/h21-23H,4-18H2,1-3H3,(H2,26,27,29);1H. The van der Waals surface area contributed by atoms with E-state index in [4.69, 9.17) is 4.42 Å². The Morgan fingerprint density at radius 3 is 2.45 bits per heavy atom. The number of piperidine rings is 2. The molecule has 1 aliphatic carbocycles. The fourth-order valence-electron chi connectivity index (χ4n) is 5.68. The largest absolute Gasteiger partial charge is 0.444 e. The second kappa shape index (κ2) is 13.3. The molecule has 4 rings (SSSR count). The first-order valence-electron chi connectivity index (χ1n) is 13.0. The van der Waals surface area contributed by atoms with Crippen molar-refractivity contribution in [2.24, 2.45) is 10.9 Å². The molecule has 0 bridgehead atoms. The van der Waals surface area contributed by atoms with Crippen molar-refractivity contribution < 1.29 is 4.42 Å². The van der Waals surface area contributed by atoms with E-state index in [0.717, 1.165) is 55.5 Å². The minimum Gasteiger partial charge on any atom is -0.444 e. The van der Waals surface area contributed by atoms with Crippen LogP contribution in [0.2, 0.25) is 0 Å². The third-order valence-corrected chi connectivity index (χ3v) is 7.81. The molecular formula is C25H45IN6O. The van der Waals surface area contributed by atoms with E-state index in [1.165, 1.54) is 70.9 Å². The van der Waals surface area contributed by atoms with E-state index in [2.05, 4.69) is 30.4 Å². The molecule has 1 aromatic heterocycles. The molecule has 3 fully saturated rings. The summed E-state index contributed by atoms with van der Waals surface area (Å²) >= 11 is 0. The average Bonchev–Trinajstić information content (AvgIpc) is 3.14. The van der Waals surface area contributed by atoms with Crippen LogP contribution in [-0.4, -0.2) is 72.6 Å². The molecule has 188 valence electrons. The van der Waals surface area contributed by atoms with Crippen LogP contribution in [0.15, 0.2) is 9.41 Å². The van der Waals surface area contributed by atoms with Gasteiger partial charge in [-0.2, -0.15) is 0 Å². The first-order chi connectivity index (χ1) is 15.6. The van der Waals surface area contributed by atoms with Crippen molar-refractivity contribution >= 4 is 29.9 Å². The molecule has 2 saturated heterocycles. The predicted molar refractivity (Wildman–Crippen MR) is 145 cm³/mol. The number of aliphatic imine (C=N–C) groups is 1. The number of likely N-dealkylation sites (tertiary alicyclic amines) is 2. The van der Waals surface area contributed by atoms with Crippen molar-refractivity contribution in [3.8, 4) is 0 Å². The number of hydrogen-bond acceptors (Lipinski definition) is 5. The monoisotopic (exact) mass is 572 g/mol. The van der Waals surface area contributed by atoms with Gasteiger partial charge in [0.15, 0.2) is 5.96 Å². The Morgan fingerprint density at radius 1 is 1.03 bits per heavy atom. The Labute approximate surface area is 217 Å². The molecule has 3 aliphatic rings. The van der Waals surface area contributed by atoms with Crippen LogP contribution >= 0.6 is 24.0 Å². The summed E-state index contributed by atoms with van der Waals surface area (Å²) in [6, 6.07) is 1.34. The molecule has 8 heteroatoms. The van der Waals surface area contributed by atoms with Crippen LogP contribution in [0.5, 0.6) is 0 Å². The van der Waals surface area contributed by atoms with Crippen molar-refractivity contribution in [3.63, 3.8) is 0 Å². The van der Waals surface area contributed by atoms with E-state index >= 15 is 0 Å². The molecule has 0 aromatic carbocycles. The number of nitrogens with zero attached hydrogens (tertiary/aromatic N) is 4. The van der Waals surface area contributed by atoms with Crippen LogP contribution in [0, 0.1) is 19.8 Å². The second-order valence-corrected chi connectivity index (χ2v) is 10.2. The minimum atomic E-state index is 0. The number of aryl methyl sites for hydroxylation is 2. The lowest BCUT2D eigenvalue weighted by molar-refractivity contribution is 0.115. The van der Waals surface area contributed by atoms with Gasteiger partial charge < -0.3 is 15.1 Å². The van der Waals surface area contributed by atoms with Crippen molar-refractivity contribution in [3.05, 3.63) is 17.3 Å². The first kappa shape index (κ1) is 26.7. The van der Waals surface area contributed by atoms with Crippen LogP contribution in [0.3, 0.4) is 0 Å². The number of aromatic nitrogens is 1. The fourth-order valence-corrected chi connectivity index (χ4v) is 5.68. The highest BCUT2D eigenvalue weighted by Crippen LogP contribution is 2.25. The summed E-state index contributed by atoms with van der Waals surface area (Å²) in [7, 11) is 1.90. The molecule has 2 aliphatic heterocycles. The highest BCUT2D eigenvalue weighted by atomic mass is 127. The number of rotatable bonds is 6. The van der Waals surface area contributed by atoms with Gasteiger partial charge >= 0.3 is 0 Å². The zero-order chi connectivity index (χ0) is 22.3. The van der Waals surface area contributed by atoms with Crippen LogP contribution in [0.25, 0.3) is 0 Å². The molecule has 0 radical (unpaired) electrons. The average molecular weight is 573 g/mol. The van der Waals surface area contributed by atoms with Gasteiger partial charge in [-0.15, -0.1) is 24.0 Å². The molecule has 0 amide bonds. The van der Waals surface area contributed by atoms with E-state index in [0.29, 0.717) is 12.0 Å². The maximum Gasteiger partial charge on any atom is 0.208 e. The summed E-state index contributed by atoms with van der Waals surface area (Å²) in [5.41, 5.74) is 1.01. The third kappa shape index (κ3) is 7.82. The summed E-state index contributed by atoms with van der Waals surface area (Å²) in [6.07, 6.45) is 12.0. The lowest BCUT2D eigenvalue weighted by Gasteiger charge is -2.40. The molecule has 1 atom stereocenters. The molecule has 2 N–H and O–H groups in total. The molecule has 0 spiro atoms. The van der Waals surface area contributed by atoms with Crippen LogP contribution in [-0.2, 0) is 6.54 Å². The molecule has 33 heavy (non-hydrogen) atoms. The highest BCUT2D eigenvalue weighted by Gasteiger charge is 2.27. The zero-order valence-electron chi connectivity index (χ0n) is 20.9.